The third-order valence-electron chi connectivity index (χ3n) is 4.79. The molecule has 0 fully saturated rings. The van der Waals surface area contributed by atoms with E-state index in [4.69, 9.17) is 14.2 Å². The first-order chi connectivity index (χ1) is 14.6. The zero-order valence-corrected chi connectivity index (χ0v) is 16.6. The van der Waals surface area contributed by atoms with Crippen LogP contribution < -0.4 is 25.1 Å². The number of pyridine rings is 2. The number of nitrogens with one attached hydrogen (secondary N) is 1. The highest BCUT2D eigenvalue weighted by atomic mass is 16.6. The van der Waals surface area contributed by atoms with Crippen molar-refractivity contribution in [2.24, 2.45) is 0 Å². The van der Waals surface area contributed by atoms with Gasteiger partial charge in [0.2, 0.25) is 5.88 Å². The molecule has 1 atom stereocenters. The molecule has 1 amide bonds. The van der Waals surface area contributed by atoms with E-state index in [1.807, 2.05) is 24.3 Å². The second-order valence-electron chi connectivity index (χ2n) is 6.82. The molecular formula is C22H21N3O5. The number of carbonyl (C=O) groups excluding carboxylic acids is 1. The van der Waals surface area contributed by atoms with Gasteiger partial charge in [-0.15, -0.1) is 0 Å². The molecule has 0 saturated carbocycles. The summed E-state index contributed by atoms with van der Waals surface area (Å²) in [6.07, 6.45) is 2.79. The van der Waals surface area contributed by atoms with Crippen LogP contribution in [0, 0.1) is 6.92 Å². The van der Waals surface area contributed by atoms with Crippen molar-refractivity contribution in [1.82, 2.24) is 14.9 Å². The van der Waals surface area contributed by atoms with Crippen LogP contribution in [0.15, 0.2) is 59.7 Å². The molecule has 1 unspecified atom stereocenters. The number of carbonyl (C=O) groups is 1. The van der Waals surface area contributed by atoms with E-state index in [-0.39, 0.29) is 18.2 Å². The number of aryl methyl sites for hydroxylation is 1. The lowest BCUT2D eigenvalue weighted by atomic mass is 10.1. The Hall–Kier alpha value is -3.81. The lowest BCUT2D eigenvalue weighted by molar-refractivity contribution is 0.0788. The van der Waals surface area contributed by atoms with Crippen LogP contribution in [-0.4, -0.2) is 41.8 Å². The molecule has 1 aromatic carbocycles. The number of amides is 1. The number of aromatic nitrogens is 2. The van der Waals surface area contributed by atoms with Gasteiger partial charge in [0.05, 0.1) is 25.5 Å². The van der Waals surface area contributed by atoms with Gasteiger partial charge in [0, 0.05) is 12.3 Å². The Labute approximate surface area is 173 Å². The Kier molecular flexibility index (Phi) is 5.38. The van der Waals surface area contributed by atoms with Crippen molar-refractivity contribution in [2.45, 2.75) is 13.0 Å². The van der Waals surface area contributed by atoms with Crippen LogP contribution in [0.1, 0.15) is 15.9 Å². The first-order valence-corrected chi connectivity index (χ1v) is 9.46. The molecule has 3 heterocycles. The number of para-hydroxylation sites is 2. The average Bonchev–Trinajstić information content (AvgIpc) is 2.78. The second kappa shape index (κ2) is 8.28. The van der Waals surface area contributed by atoms with Gasteiger partial charge in [0.1, 0.15) is 18.3 Å². The quantitative estimate of drug-likeness (QED) is 0.697. The summed E-state index contributed by atoms with van der Waals surface area (Å²) in [4.78, 5) is 29.9. The van der Waals surface area contributed by atoms with E-state index in [0.717, 1.165) is 0 Å². The number of rotatable bonds is 5. The zero-order valence-electron chi connectivity index (χ0n) is 16.6. The summed E-state index contributed by atoms with van der Waals surface area (Å²) >= 11 is 0. The van der Waals surface area contributed by atoms with Crippen molar-refractivity contribution in [3.8, 4) is 23.1 Å². The van der Waals surface area contributed by atoms with Gasteiger partial charge in [0.15, 0.2) is 11.5 Å². The van der Waals surface area contributed by atoms with Gasteiger partial charge in [0.25, 0.3) is 11.5 Å². The van der Waals surface area contributed by atoms with E-state index >= 15 is 0 Å². The van der Waals surface area contributed by atoms with Crippen LogP contribution in [0.5, 0.6) is 17.4 Å². The first-order valence-electron chi connectivity index (χ1n) is 9.46. The minimum Gasteiger partial charge on any atom is -0.486 e. The number of nitrogens with zero attached hydrogens (tertiary/aromatic N) is 2. The average molecular weight is 407 g/mol. The Morgan fingerprint density at radius 2 is 2.03 bits per heavy atom. The van der Waals surface area contributed by atoms with Gasteiger partial charge in [-0.3, -0.25) is 14.2 Å². The van der Waals surface area contributed by atoms with E-state index in [9.17, 15) is 9.59 Å². The van der Waals surface area contributed by atoms with Crippen LogP contribution in [-0.2, 0) is 0 Å². The minimum atomic E-state index is -0.462. The van der Waals surface area contributed by atoms with E-state index in [0.29, 0.717) is 35.2 Å². The SMILES string of the molecule is COc1ccc(-n2ccc(C)c(C(=O)NCC3COc4ccccc4O3)c2=O)cn1. The monoisotopic (exact) mass is 407 g/mol. The molecule has 1 aliphatic rings. The van der Waals surface area contributed by atoms with Crippen LogP contribution in [0.3, 0.4) is 0 Å². The van der Waals surface area contributed by atoms with E-state index < -0.39 is 11.5 Å². The molecule has 30 heavy (non-hydrogen) atoms. The van der Waals surface area contributed by atoms with Gasteiger partial charge < -0.3 is 19.5 Å². The summed E-state index contributed by atoms with van der Waals surface area (Å²) in [5.41, 5.74) is 0.771. The number of hydrogen-bond donors (Lipinski definition) is 1. The van der Waals surface area contributed by atoms with Crippen LogP contribution >= 0.6 is 0 Å². The van der Waals surface area contributed by atoms with Crippen molar-refractivity contribution < 1.29 is 19.0 Å². The molecule has 2 aromatic heterocycles. The van der Waals surface area contributed by atoms with E-state index in [1.165, 1.54) is 17.9 Å². The number of fused-ring (bicyclic) bond motifs is 1. The molecule has 0 spiro atoms. The van der Waals surface area contributed by atoms with Crippen molar-refractivity contribution >= 4 is 5.91 Å². The van der Waals surface area contributed by atoms with Gasteiger partial charge in [-0.1, -0.05) is 12.1 Å². The molecule has 154 valence electrons. The fraction of sp³-hybridized carbons (Fsp3) is 0.227. The van der Waals surface area contributed by atoms with E-state index in [2.05, 4.69) is 10.3 Å². The molecule has 1 N–H and O–H groups in total. The number of benzene rings is 1. The molecule has 0 saturated heterocycles. The number of methoxy groups -OCH3 is 1. The standard InChI is InChI=1S/C22H21N3O5/c1-14-9-10-25(15-7-8-19(28-2)23-11-15)22(27)20(14)21(26)24-12-16-13-29-17-5-3-4-6-18(17)30-16/h3-11,16H,12-13H2,1-2H3,(H,24,26). The Morgan fingerprint density at radius 3 is 2.77 bits per heavy atom. The highest BCUT2D eigenvalue weighted by Crippen LogP contribution is 2.30. The highest BCUT2D eigenvalue weighted by molar-refractivity contribution is 5.95. The lowest BCUT2D eigenvalue weighted by Gasteiger charge is -2.26. The first kappa shape index (κ1) is 19.5. The summed E-state index contributed by atoms with van der Waals surface area (Å²) < 4.78 is 17.9. The van der Waals surface area contributed by atoms with Crippen LogP contribution in [0.2, 0.25) is 0 Å². The maximum atomic E-state index is 13.0. The number of hydrogen-bond acceptors (Lipinski definition) is 6. The topological polar surface area (TPSA) is 91.7 Å². The van der Waals surface area contributed by atoms with Gasteiger partial charge in [-0.05, 0) is 36.8 Å². The van der Waals surface area contributed by atoms with Gasteiger partial charge in [-0.2, -0.15) is 0 Å². The molecular weight excluding hydrogens is 386 g/mol. The summed E-state index contributed by atoms with van der Waals surface area (Å²) in [5.74, 6) is 1.28. The summed E-state index contributed by atoms with van der Waals surface area (Å²) in [6, 6.07) is 12.4. The van der Waals surface area contributed by atoms with Crippen molar-refractivity contribution in [2.75, 3.05) is 20.3 Å². The maximum Gasteiger partial charge on any atom is 0.268 e. The predicted molar refractivity (Wildman–Crippen MR) is 110 cm³/mol. The number of ether oxygens (including phenoxy) is 3. The fourth-order valence-corrected chi connectivity index (χ4v) is 3.20. The minimum absolute atomic E-state index is 0.0745. The summed E-state index contributed by atoms with van der Waals surface area (Å²) in [7, 11) is 1.52. The molecule has 0 radical (unpaired) electrons. The predicted octanol–water partition coefficient (Wildman–Crippen LogP) is 2.12. The molecule has 0 aliphatic carbocycles. The largest absolute Gasteiger partial charge is 0.486 e. The van der Waals surface area contributed by atoms with Crippen LogP contribution in [0.25, 0.3) is 5.69 Å². The Balaban J connectivity index is 1.50. The van der Waals surface area contributed by atoms with Crippen molar-refractivity contribution in [3.63, 3.8) is 0 Å². The summed E-state index contributed by atoms with van der Waals surface area (Å²) in [6.45, 7) is 2.25. The lowest BCUT2D eigenvalue weighted by Crippen LogP contribution is -2.42. The van der Waals surface area contributed by atoms with Crippen molar-refractivity contribution in [1.29, 1.82) is 0 Å². The zero-order chi connectivity index (χ0) is 21.1. The molecule has 0 bridgehead atoms. The molecule has 8 heteroatoms. The highest BCUT2D eigenvalue weighted by Gasteiger charge is 2.23. The molecule has 4 rings (SSSR count). The van der Waals surface area contributed by atoms with Crippen LogP contribution in [0.4, 0.5) is 0 Å². The summed E-state index contributed by atoms with van der Waals surface area (Å²) in [5, 5.41) is 2.79. The van der Waals surface area contributed by atoms with Crippen molar-refractivity contribution in [3.05, 3.63) is 76.3 Å². The Bertz CT molecular complexity index is 1120. The molecule has 3 aromatic rings. The van der Waals surface area contributed by atoms with Gasteiger partial charge >= 0.3 is 0 Å². The Morgan fingerprint density at radius 1 is 1.23 bits per heavy atom. The second-order valence-corrected chi connectivity index (χ2v) is 6.82. The third-order valence-corrected chi connectivity index (χ3v) is 4.79. The third kappa shape index (κ3) is 3.84. The smallest absolute Gasteiger partial charge is 0.268 e. The van der Waals surface area contributed by atoms with E-state index in [1.54, 1.807) is 31.3 Å². The maximum absolute atomic E-state index is 13.0. The molecule has 8 nitrogen and oxygen atoms in total. The normalized spacial score (nSPS) is 14.8. The van der Waals surface area contributed by atoms with Gasteiger partial charge in [-0.25, -0.2) is 4.98 Å². The molecule has 1 aliphatic heterocycles. The fourth-order valence-electron chi connectivity index (χ4n) is 3.20.